The summed E-state index contributed by atoms with van der Waals surface area (Å²) in [6.07, 6.45) is 6.03. The van der Waals surface area contributed by atoms with E-state index in [1.54, 1.807) is 0 Å². The molecular formula is C9H17N. The molecule has 10 heavy (non-hydrogen) atoms. The molecule has 0 spiro atoms. The summed E-state index contributed by atoms with van der Waals surface area (Å²) in [5.41, 5.74) is 0. The van der Waals surface area contributed by atoms with Crippen LogP contribution in [-0.2, 0) is 0 Å². The van der Waals surface area contributed by atoms with Gasteiger partial charge in [-0.2, -0.15) is 0 Å². The molecule has 0 aliphatic rings. The lowest BCUT2D eigenvalue weighted by atomic mass is 10.1. The summed E-state index contributed by atoms with van der Waals surface area (Å²) in [6, 6.07) is 0.579. The zero-order valence-corrected chi connectivity index (χ0v) is 6.77. The van der Waals surface area contributed by atoms with Crippen LogP contribution in [-0.4, -0.2) is 12.6 Å². The van der Waals surface area contributed by atoms with Gasteiger partial charge in [-0.3, -0.25) is 0 Å². The zero-order valence-electron chi connectivity index (χ0n) is 6.77. The highest BCUT2D eigenvalue weighted by Gasteiger charge is 1.99. The van der Waals surface area contributed by atoms with E-state index in [-0.39, 0.29) is 0 Å². The van der Waals surface area contributed by atoms with Crippen LogP contribution in [0.1, 0.15) is 19.8 Å². The van der Waals surface area contributed by atoms with Gasteiger partial charge in [0, 0.05) is 12.6 Å². The van der Waals surface area contributed by atoms with Crippen molar-refractivity contribution in [2.75, 3.05) is 6.54 Å². The van der Waals surface area contributed by atoms with Crippen molar-refractivity contribution in [3.8, 4) is 0 Å². The highest BCUT2D eigenvalue weighted by Crippen LogP contribution is 1.96. The standard InChI is InChI=1S/C9H17N/c1-4-7-9(6-3)10-8-5-2/h4-5,9-10H,1-2,6-8H2,3H3. The third-order valence-corrected chi connectivity index (χ3v) is 1.49. The van der Waals surface area contributed by atoms with E-state index in [0.717, 1.165) is 19.4 Å². The van der Waals surface area contributed by atoms with Crippen molar-refractivity contribution in [1.29, 1.82) is 0 Å². The minimum absolute atomic E-state index is 0.579. The smallest absolute Gasteiger partial charge is 0.0135 e. The van der Waals surface area contributed by atoms with Gasteiger partial charge in [0.1, 0.15) is 0 Å². The van der Waals surface area contributed by atoms with Crippen LogP contribution >= 0.6 is 0 Å². The Morgan fingerprint density at radius 2 is 2.10 bits per heavy atom. The molecule has 0 rings (SSSR count). The number of rotatable bonds is 6. The Kier molecular flexibility index (Phi) is 6.19. The zero-order chi connectivity index (χ0) is 7.82. The Labute approximate surface area is 63.8 Å². The van der Waals surface area contributed by atoms with Crippen LogP contribution in [0.5, 0.6) is 0 Å². The van der Waals surface area contributed by atoms with Crippen LogP contribution in [0.3, 0.4) is 0 Å². The molecule has 0 radical (unpaired) electrons. The van der Waals surface area contributed by atoms with Gasteiger partial charge in [-0.1, -0.05) is 19.1 Å². The molecule has 1 unspecified atom stereocenters. The molecule has 58 valence electrons. The molecule has 0 heterocycles. The van der Waals surface area contributed by atoms with Crippen LogP contribution in [0.2, 0.25) is 0 Å². The minimum atomic E-state index is 0.579. The summed E-state index contributed by atoms with van der Waals surface area (Å²) in [4.78, 5) is 0. The van der Waals surface area contributed by atoms with Crippen molar-refractivity contribution in [3.63, 3.8) is 0 Å². The topological polar surface area (TPSA) is 12.0 Å². The summed E-state index contributed by atoms with van der Waals surface area (Å²) >= 11 is 0. The van der Waals surface area contributed by atoms with Crippen LogP contribution in [0.15, 0.2) is 25.3 Å². The van der Waals surface area contributed by atoms with Gasteiger partial charge >= 0.3 is 0 Å². The SMILES string of the molecule is C=CCNC(CC)CC=C. The first-order valence-electron chi connectivity index (χ1n) is 3.80. The summed E-state index contributed by atoms with van der Waals surface area (Å²) in [5, 5.41) is 3.33. The first kappa shape index (κ1) is 9.44. The lowest BCUT2D eigenvalue weighted by Crippen LogP contribution is -2.27. The van der Waals surface area contributed by atoms with Gasteiger partial charge in [0.2, 0.25) is 0 Å². The predicted molar refractivity (Wildman–Crippen MR) is 47.1 cm³/mol. The van der Waals surface area contributed by atoms with Crippen LogP contribution in [0, 0.1) is 0 Å². The molecule has 0 amide bonds. The molecule has 1 heteroatoms. The fraction of sp³-hybridized carbons (Fsp3) is 0.556. The molecule has 0 aliphatic heterocycles. The van der Waals surface area contributed by atoms with E-state index in [2.05, 4.69) is 25.4 Å². The predicted octanol–water partition coefficient (Wildman–Crippen LogP) is 2.12. The first-order valence-corrected chi connectivity index (χ1v) is 3.80. The van der Waals surface area contributed by atoms with Crippen molar-refractivity contribution < 1.29 is 0 Å². The van der Waals surface area contributed by atoms with E-state index in [0.29, 0.717) is 6.04 Å². The van der Waals surface area contributed by atoms with Gasteiger partial charge in [-0.15, -0.1) is 13.2 Å². The third kappa shape index (κ3) is 4.33. The van der Waals surface area contributed by atoms with Gasteiger partial charge in [0.15, 0.2) is 0 Å². The van der Waals surface area contributed by atoms with Gasteiger partial charge in [-0.05, 0) is 12.8 Å². The second kappa shape index (κ2) is 6.56. The van der Waals surface area contributed by atoms with Crippen LogP contribution in [0.25, 0.3) is 0 Å². The van der Waals surface area contributed by atoms with Crippen molar-refractivity contribution in [2.24, 2.45) is 0 Å². The van der Waals surface area contributed by atoms with Gasteiger partial charge in [-0.25, -0.2) is 0 Å². The number of hydrogen-bond acceptors (Lipinski definition) is 1. The average molecular weight is 139 g/mol. The molecule has 0 saturated heterocycles. The molecule has 1 nitrogen and oxygen atoms in total. The van der Waals surface area contributed by atoms with Crippen LogP contribution < -0.4 is 5.32 Å². The highest BCUT2D eigenvalue weighted by molar-refractivity contribution is 4.80. The molecule has 0 bridgehead atoms. The van der Waals surface area contributed by atoms with Crippen LogP contribution in [0.4, 0.5) is 0 Å². The monoisotopic (exact) mass is 139 g/mol. The van der Waals surface area contributed by atoms with Crippen molar-refractivity contribution in [2.45, 2.75) is 25.8 Å². The van der Waals surface area contributed by atoms with Crippen molar-refractivity contribution in [3.05, 3.63) is 25.3 Å². The maximum Gasteiger partial charge on any atom is 0.0135 e. The van der Waals surface area contributed by atoms with E-state index in [1.165, 1.54) is 0 Å². The highest BCUT2D eigenvalue weighted by atomic mass is 14.9. The van der Waals surface area contributed by atoms with E-state index in [9.17, 15) is 0 Å². The average Bonchev–Trinajstić information content (AvgIpc) is 1.98. The van der Waals surface area contributed by atoms with E-state index in [4.69, 9.17) is 0 Å². The van der Waals surface area contributed by atoms with E-state index < -0.39 is 0 Å². The summed E-state index contributed by atoms with van der Waals surface area (Å²) < 4.78 is 0. The molecule has 1 N–H and O–H groups in total. The van der Waals surface area contributed by atoms with E-state index in [1.807, 2.05) is 12.2 Å². The second-order valence-corrected chi connectivity index (χ2v) is 2.33. The number of hydrogen-bond donors (Lipinski definition) is 1. The normalized spacial score (nSPS) is 12.5. The summed E-state index contributed by atoms with van der Waals surface area (Å²) in [5.74, 6) is 0. The molecule has 0 aromatic rings. The first-order chi connectivity index (χ1) is 4.85. The van der Waals surface area contributed by atoms with Gasteiger partial charge in [0.05, 0.1) is 0 Å². The van der Waals surface area contributed by atoms with Crippen molar-refractivity contribution >= 4 is 0 Å². The summed E-state index contributed by atoms with van der Waals surface area (Å²) in [6.45, 7) is 10.4. The maximum absolute atomic E-state index is 3.69. The Morgan fingerprint density at radius 1 is 1.40 bits per heavy atom. The van der Waals surface area contributed by atoms with Gasteiger partial charge in [0.25, 0.3) is 0 Å². The van der Waals surface area contributed by atoms with Gasteiger partial charge < -0.3 is 5.32 Å². The molecule has 0 aromatic carbocycles. The molecule has 0 fully saturated rings. The maximum atomic E-state index is 3.69. The number of nitrogens with one attached hydrogen (secondary N) is 1. The Balaban J connectivity index is 3.38. The summed E-state index contributed by atoms with van der Waals surface area (Å²) in [7, 11) is 0. The van der Waals surface area contributed by atoms with Crippen molar-refractivity contribution in [1.82, 2.24) is 5.32 Å². The Morgan fingerprint density at radius 3 is 2.50 bits per heavy atom. The molecule has 1 atom stereocenters. The molecule has 0 aromatic heterocycles. The fourth-order valence-corrected chi connectivity index (χ4v) is 0.846. The lowest BCUT2D eigenvalue weighted by molar-refractivity contribution is 0.530. The Bertz CT molecular complexity index is 96.9. The Hall–Kier alpha value is -0.560. The molecular weight excluding hydrogens is 122 g/mol. The molecule has 0 saturated carbocycles. The van der Waals surface area contributed by atoms with E-state index >= 15 is 0 Å². The second-order valence-electron chi connectivity index (χ2n) is 2.33. The quantitative estimate of drug-likeness (QED) is 0.556. The minimum Gasteiger partial charge on any atom is -0.310 e. The lowest BCUT2D eigenvalue weighted by Gasteiger charge is -2.12. The largest absolute Gasteiger partial charge is 0.310 e. The fourth-order valence-electron chi connectivity index (χ4n) is 0.846. The third-order valence-electron chi connectivity index (χ3n) is 1.49. The molecule has 0 aliphatic carbocycles.